The van der Waals surface area contributed by atoms with E-state index in [0.29, 0.717) is 42.5 Å². The molecule has 8 heteroatoms. The van der Waals surface area contributed by atoms with Crippen molar-refractivity contribution in [1.82, 2.24) is 4.90 Å². The van der Waals surface area contributed by atoms with E-state index >= 15 is 0 Å². The highest BCUT2D eigenvalue weighted by atomic mass is 32.2. The molecule has 35 heavy (non-hydrogen) atoms. The van der Waals surface area contributed by atoms with Gasteiger partial charge in [0, 0.05) is 25.3 Å². The zero-order chi connectivity index (χ0) is 25.2. The maximum atomic E-state index is 13.9. The minimum Gasteiger partial charge on any atom is -0.320 e. The maximum absolute atomic E-state index is 13.9. The van der Waals surface area contributed by atoms with E-state index in [0.717, 1.165) is 18.1 Å². The van der Waals surface area contributed by atoms with Gasteiger partial charge in [-0.3, -0.25) is 9.62 Å². The van der Waals surface area contributed by atoms with Crippen molar-refractivity contribution in [2.75, 3.05) is 22.7 Å². The summed E-state index contributed by atoms with van der Waals surface area (Å²) in [5.41, 5.74) is 3.60. The van der Waals surface area contributed by atoms with E-state index in [2.05, 4.69) is 42.8 Å². The third kappa shape index (κ3) is 5.65. The van der Waals surface area contributed by atoms with Crippen LogP contribution < -0.4 is 9.62 Å². The number of nitrogens with one attached hydrogen (secondary N) is 1. The van der Waals surface area contributed by atoms with Crippen LogP contribution in [0.2, 0.25) is 0 Å². The zero-order valence-electron chi connectivity index (χ0n) is 20.2. The molecule has 0 bridgehead atoms. The Morgan fingerprint density at radius 2 is 1.74 bits per heavy atom. The molecular formula is C27H30FN3O3S. The fraction of sp³-hybridized carbons (Fsp3) is 0.296. The largest absolute Gasteiger partial charge is 0.324 e. The minimum absolute atomic E-state index is 0.121. The van der Waals surface area contributed by atoms with Crippen LogP contribution in [0.4, 0.5) is 20.6 Å². The molecule has 1 saturated heterocycles. The Labute approximate surface area is 206 Å². The molecule has 1 heterocycles. The monoisotopic (exact) mass is 495 g/mol. The number of carbonyl (C=O) groups excluding carboxylic acids is 1. The molecule has 4 rings (SSSR count). The summed E-state index contributed by atoms with van der Waals surface area (Å²) in [5, 5.41) is 0. The molecule has 0 saturated carbocycles. The van der Waals surface area contributed by atoms with Crippen molar-refractivity contribution in [3.63, 3.8) is 0 Å². The van der Waals surface area contributed by atoms with Gasteiger partial charge in [-0.2, -0.15) is 0 Å². The second-order valence-electron chi connectivity index (χ2n) is 9.17. The number of nitrogens with zero attached hydrogens (tertiary/aromatic N) is 2. The maximum Gasteiger partial charge on any atom is 0.324 e. The molecule has 184 valence electrons. The number of hydrogen-bond acceptors (Lipinski definition) is 3. The van der Waals surface area contributed by atoms with Crippen LogP contribution in [-0.2, 0) is 16.6 Å². The predicted molar refractivity (Wildman–Crippen MR) is 137 cm³/mol. The van der Waals surface area contributed by atoms with E-state index in [-0.39, 0.29) is 10.9 Å². The smallest absolute Gasteiger partial charge is 0.320 e. The van der Waals surface area contributed by atoms with Gasteiger partial charge < -0.3 is 4.90 Å². The van der Waals surface area contributed by atoms with E-state index < -0.39 is 15.8 Å². The van der Waals surface area contributed by atoms with Gasteiger partial charge in [0.15, 0.2) is 0 Å². The Bertz CT molecular complexity index is 1320. The Hall–Kier alpha value is -3.39. The summed E-state index contributed by atoms with van der Waals surface area (Å²) >= 11 is 0. The first-order valence-electron chi connectivity index (χ1n) is 11.7. The molecule has 0 atom stereocenters. The van der Waals surface area contributed by atoms with Gasteiger partial charge in [0.1, 0.15) is 5.82 Å². The Kier molecular flexibility index (Phi) is 7.12. The number of urea groups is 1. The molecule has 3 aromatic carbocycles. The highest BCUT2D eigenvalue weighted by Crippen LogP contribution is 2.26. The second-order valence-corrected chi connectivity index (χ2v) is 10.9. The Morgan fingerprint density at radius 3 is 2.43 bits per heavy atom. The molecule has 1 aliphatic heterocycles. The first kappa shape index (κ1) is 24.7. The molecule has 0 radical (unpaired) electrons. The highest BCUT2D eigenvalue weighted by Gasteiger charge is 2.27. The van der Waals surface area contributed by atoms with Crippen molar-refractivity contribution in [2.45, 2.75) is 44.6 Å². The summed E-state index contributed by atoms with van der Waals surface area (Å²) in [4.78, 5) is 16.6. The van der Waals surface area contributed by atoms with E-state index in [1.807, 2.05) is 0 Å². The van der Waals surface area contributed by atoms with Crippen LogP contribution in [0.1, 0.15) is 42.9 Å². The Morgan fingerprint density at radius 1 is 1.00 bits per heavy atom. The van der Waals surface area contributed by atoms with Crippen LogP contribution in [-0.4, -0.2) is 32.4 Å². The predicted octanol–water partition coefficient (Wildman–Crippen LogP) is 5.89. The number of aryl methyl sites for hydroxylation is 1. The summed E-state index contributed by atoms with van der Waals surface area (Å²) in [7, 11) is -3.98. The van der Waals surface area contributed by atoms with Gasteiger partial charge in [0.05, 0.1) is 10.6 Å². The molecule has 3 aromatic rings. The summed E-state index contributed by atoms with van der Waals surface area (Å²) in [5.74, 6) is -0.134. The van der Waals surface area contributed by atoms with Gasteiger partial charge in [0.2, 0.25) is 0 Å². The van der Waals surface area contributed by atoms with E-state index in [1.165, 1.54) is 17.7 Å². The summed E-state index contributed by atoms with van der Waals surface area (Å²) in [6.07, 6.45) is 0.800. The fourth-order valence-electron chi connectivity index (χ4n) is 4.09. The number of amides is 2. The highest BCUT2D eigenvalue weighted by molar-refractivity contribution is 7.92. The zero-order valence-corrected chi connectivity index (χ0v) is 21.0. The van der Waals surface area contributed by atoms with Crippen LogP contribution in [0, 0.1) is 12.7 Å². The summed E-state index contributed by atoms with van der Waals surface area (Å²) in [6.45, 7) is 7.58. The molecule has 0 spiro atoms. The van der Waals surface area contributed by atoms with Crippen molar-refractivity contribution in [1.29, 1.82) is 0 Å². The molecule has 0 aromatic heterocycles. The molecule has 6 nitrogen and oxygen atoms in total. The van der Waals surface area contributed by atoms with Gasteiger partial charge in [-0.25, -0.2) is 17.6 Å². The van der Waals surface area contributed by atoms with Crippen molar-refractivity contribution in [3.8, 4) is 0 Å². The number of sulfonamides is 1. The van der Waals surface area contributed by atoms with Crippen LogP contribution in [0.3, 0.4) is 0 Å². The molecule has 1 fully saturated rings. The fourth-order valence-corrected chi connectivity index (χ4v) is 5.15. The number of rotatable bonds is 7. The average molecular weight is 496 g/mol. The number of halogens is 1. The number of carbonyl (C=O) groups is 1. The topological polar surface area (TPSA) is 69.7 Å². The van der Waals surface area contributed by atoms with E-state index in [9.17, 15) is 17.6 Å². The third-order valence-corrected chi connectivity index (χ3v) is 7.57. The van der Waals surface area contributed by atoms with Crippen LogP contribution in [0.25, 0.3) is 0 Å². The number of hydrogen-bond donors (Lipinski definition) is 1. The van der Waals surface area contributed by atoms with Crippen molar-refractivity contribution < 1.29 is 17.6 Å². The van der Waals surface area contributed by atoms with Gasteiger partial charge in [-0.1, -0.05) is 50.2 Å². The molecule has 0 aliphatic carbocycles. The SMILES string of the molecule is Cc1ccc(S(=O)(=O)Nc2cccc(N3CCCN(Cc4ccc(C(C)C)cc4)C3=O)c2)cc1F. The average Bonchev–Trinajstić information content (AvgIpc) is 2.82. The lowest BCUT2D eigenvalue weighted by atomic mass is 10.0. The lowest BCUT2D eigenvalue weighted by Crippen LogP contribution is -2.49. The minimum atomic E-state index is -3.98. The van der Waals surface area contributed by atoms with Gasteiger partial charge >= 0.3 is 6.03 Å². The van der Waals surface area contributed by atoms with Gasteiger partial charge in [0.25, 0.3) is 10.0 Å². The van der Waals surface area contributed by atoms with E-state index in [4.69, 9.17) is 0 Å². The lowest BCUT2D eigenvalue weighted by molar-refractivity contribution is 0.192. The molecule has 1 aliphatic rings. The second kappa shape index (κ2) is 10.1. The quantitative estimate of drug-likeness (QED) is 0.444. The van der Waals surface area contributed by atoms with Crippen LogP contribution in [0.15, 0.2) is 71.6 Å². The summed E-state index contributed by atoms with van der Waals surface area (Å²) < 4.78 is 41.9. The first-order chi connectivity index (χ1) is 16.6. The van der Waals surface area contributed by atoms with Crippen molar-refractivity contribution in [3.05, 3.63) is 89.2 Å². The molecular weight excluding hydrogens is 465 g/mol. The molecule has 1 N–H and O–H groups in total. The standard InChI is InChI=1S/C27H30FN3O3S/c1-19(2)22-11-9-21(10-12-22)18-30-14-5-15-31(27(30)32)24-7-4-6-23(16-24)29-35(33,34)25-13-8-20(3)26(28)17-25/h4,6-13,16-17,19,29H,5,14-15,18H2,1-3H3. The van der Waals surface area contributed by atoms with Crippen LogP contribution >= 0.6 is 0 Å². The Balaban J connectivity index is 1.50. The van der Waals surface area contributed by atoms with Crippen LogP contribution in [0.5, 0.6) is 0 Å². The number of benzene rings is 3. The normalized spacial score (nSPS) is 14.5. The van der Waals surface area contributed by atoms with Gasteiger partial charge in [-0.15, -0.1) is 0 Å². The lowest BCUT2D eigenvalue weighted by Gasteiger charge is -2.36. The summed E-state index contributed by atoms with van der Waals surface area (Å²) in [6, 6.07) is 18.7. The molecule has 2 amide bonds. The van der Waals surface area contributed by atoms with Crippen molar-refractivity contribution in [2.24, 2.45) is 0 Å². The number of anilines is 2. The third-order valence-electron chi connectivity index (χ3n) is 6.19. The molecule has 0 unspecified atom stereocenters. The van der Waals surface area contributed by atoms with Crippen molar-refractivity contribution >= 4 is 27.4 Å². The van der Waals surface area contributed by atoms with Gasteiger partial charge in [-0.05, 0) is 66.3 Å². The first-order valence-corrected chi connectivity index (χ1v) is 13.2. The van der Waals surface area contributed by atoms with E-state index in [1.54, 1.807) is 41.0 Å².